The SMILES string of the molecule is CCCCN(CCCC)CCOC(=O)c1cccc2c(N)cccc12.Cl. The quantitative estimate of drug-likeness (QED) is 0.471. The van der Waals surface area contributed by atoms with E-state index in [4.69, 9.17) is 10.5 Å². The van der Waals surface area contributed by atoms with Crippen molar-refractivity contribution >= 4 is 34.8 Å². The van der Waals surface area contributed by atoms with Crippen molar-refractivity contribution in [3.63, 3.8) is 0 Å². The van der Waals surface area contributed by atoms with Crippen LogP contribution in [0.1, 0.15) is 49.9 Å². The maximum Gasteiger partial charge on any atom is 0.338 e. The molecular weight excluding hydrogens is 348 g/mol. The number of rotatable bonds is 10. The zero-order valence-corrected chi connectivity index (χ0v) is 16.7. The van der Waals surface area contributed by atoms with Gasteiger partial charge < -0.3 is 10.5 Å². The maximum atomic E-state index is 12.5. The second-order valence-corrected chi connectivity index (χ2v) is 6.43. The Morgan fingerprint density at radius 3 is 2.23 bits per heavy atom. The molecule has 2 aromatic carbocycles. The van der Waals surface area contributed by atoms with E-state index in [9.17, 15) is 4.79 Å². The van der Waals surface area contributed by atoms with E-state index in [1.807, 2.05) is 30.3 Å². The van der Waals surface area contributed by atoms with Gasteiger partial charge in [0.1, 0.15) is 6.61 Å². The van der Waals surface area contributed by atoms with Crippen LogP contribution in [-0.4, -0.2) is 37.1 Å². The summed E-state index contributed by atoms with van der Waals surface area (Å²) in [6.07, 6.45) is 4.72. The molecule has 2 rings (SSSR count). The number of anilines is 1. The van der Waals surface area contributed by atoms with E-state index in [1.165, 1.54) is 25.7 Å². The Labute approximate surface area is 163 Å². The first-order valence-electron chi connectivity index (χ1n) is 9.34. The number of halogens is 1. The van der Waals surface area contributed by atoms with Gasteiger partial charge in [-0.3, -0.25) is 4.90 Å². The van der Waals surface area contributed by atoms with Gasteiger partial charge in [-0.15, -0.1) is 12.4 Å². The minimum Gasteiger partial charge on any atom is -0.461 e. The minimum atomic E-state index is -0.276. The number of fused-ring (bicyclic) bond motifs is 1. The third-order valence-corrected chi connectivity index (χ3v) is 4.47. The number of nitrogens with zero attached hydrogens (tertiary/aromatic N) is 1. The molecule has 0 aliphatic rings. The summed E-state index contributed by atoms with van der Waals surface area (Å²) in [5.41, 5.74) is 7.26. The third-order valence-electron chi connectivity index (χ3n) is 4.47. The summed E-state index contributed by atoms with van der Waals surface area (Å²) >= 11 is 0. The van der Waals surface area contributed by atoms with Crippen LogP contribution in [0.2, 0.25) is 0 Å². The standard InChI is InChI=1S/C21H30N2O2.ClH/c1-3-5-13-23(14-6-4-2)15-16-25-21(24)19-11-7-10-18-17(19)9-8-12-20(18)22;/h7-12H,3-6,13-16,22H2,1-2H3;1H. The van der Waals surface area contributed by atoms with Gasteiger partial charge in [0.15, 0.2) is 0 Å². The van der Waals surface area contributed by atoms with E-state index in [0.717, 1.165) is 30.4 Å². The number of carbonyl (C=O) groups excluding carboxylic acids is 1. The number of ether oxygens (including phenoxy) is 1. The highest BCUT2D eigenvalue weighted by atomic mass is 35.5. The Morgan fingerprint density at radius 2 is 1.58 bits per heavy atom. The summed E-state index contributed by atoms with van der Waals surface area (Å²) in [5.74, 6) is -0.276. The number of benzene rings is 2. The van der Waals surface area contributed by atoms with Gasteiger partial charge in [0.25, 0.3) is 0 Å². The van der Waals surface area contributed by atoms with E-state index >= 15 is 0 Å². The van der Waals surface area contributed by atoms with Crippen LogP contribution in [0.4, 0.5) is 5.69 Å². The number of unbranched alkanes of at least 4 members (excludes halogenated alkanes) is 2. The molecule has 0 spiro atoms. The highest BCUT2D eigenvalue weighted by molar-refractivity contribution is 6.07. The third kappa shape index (κ3) is 6.19. The average Bonchev–Trinajstić information content (AvgIpc) is 2.63. The van der Waals surface area contributed by atoms with Crippen molar-refractivity contribution in [1.29, 1.82) is 0 Å². The molecule has 0 aliphatic carbocycles. The molecular formula is C21H31ClN2O2. The fraction of sp³-hybridized carbons (Fsp3) is 0.476. The second-order valence-electron chi connectivity index (χ2n) is 6.43. The molecule has 0 saturated heterocycles. The van der Waals surface area contributed by atoms with Crippen LogP contribution in [0.15, 0.2) is 36.4 Å². The van der Waals surface area contributed by atoms with Crippen LogP contribution in [0.3, 0.4) is 0 Å². The summed E-state index contributed by atoms with van der Waals surface area (Å²) in [6, 6.07) is 11.2. The maximum absolute atomic E-state index is 12.5. The zero-order valence-electron chi connectivity index (χ0n) is 15.9. The molecule has 4 nitrogen and oxygen atoms in total. The smallest absolute Gasteiger partial charge is 0.338 e. The van der Waals surface area contributed by atoms with Crippen molar-refractivity contribution < 1.29 is 9.53 Å². The van der Waals surface area contributed by atoms with Gasteiger partial charge in [0, 0.05) is 17.6 Å². The number of nitrogen functional groups attached to an aromatic ring is 1. The molecule has 0 bridgehead atoms. The minimum absolute atomic E-state index is 0. The van der Waals surface area contributed by atoms with E-state index in [0.29, 0.717) is 17.9 Å². The van der Waals surface area contributed by atoms with Crippen LogP contribution in [0.5, 0.6) is 0 Å². The topological polar surface area (TPSA) is 55.6 Å². The Hall–Kier alpha value is -1.78. The number of hydrogen-bond donors (Lipinski definition) is 1. The fourth-order valence-corrected chi connectivity index (χ4v) is 2.96. The number of esters is 1. The van der Waals surface area contributed by atoms with Gasteiger partial charge in [-0.2, -0.15) is 0 Å². The number of hydrogen-bond acceptors (Lipinski definition) is 4. The first-order valence-corrected chi connectivity index (χ1v) is 9.34. The van der Waals surface area contributed by atoms with Crippen molar-refractivity contribution in [3.05, 3.63) is 42.0 Å². The summed E-state index contributed by atoms with van der Waals surface area (Å²) in [5, 5.41) is 1.74. The molecule has 0 unspecified atom stereocenters. The zero-order chi connectivity index (χ0) is 18.1. The van der Waals surface area contributed by atoms with Crippen molar-refractivity contribution in [2.24, 2.45) is 0 Å². The molecule has 0 amide bonds. The molecule has 5 heteroatoms. The lowest BCUT2D eigenvalue weighted by Gasteiger charge is -2.21. The van der Waals surface area contributed by atoms with Gasteiger partial charge in [-0.05, 0) is 43.5 Å². The lowest BCUT2D eigenvalue weighted by Crippen LogP contribution is -2.30. The molecule has 0 radical (unpaired) electrons. The molecule has 2 N–H and O–H groups in total. The Balaban J connectivity index is 0.00000338. The lowest BCUT2D eigenvalue weighted by atomic mass is 10.0. The van der Waals surface area contributed by atoms with Crippen LogP contribution >= 0.6 is 12.4 Å². The summed E-state index contributed by atoms with van der Waals surface area (Å²) < 4.78 is 5.55. The normalized spacial score (nSPS) is 10.7. The van der Waals surface area contributed by atoms with Crippen molar-refractivity contribution in [2.45, 2.75) is 39.5 Å². The van der Waals surface area contributed by atoms with Crippen LogP contribution in [0, 0.1) is 0 Å². The lowest BCUT2D eigenvalue weighted by molar-refractivity contribution is 0.0462. The Bertz CT molecular complexity index is 683. The van der Waals surface area contributed by atoms with Gasteiger partial charge in [0.05, 0.1) is 5.56 Å². The van der Waals surface area contributed by atoms with E-state index < -0.39 is 0 Å². The highest BCUT2D eigenvalue weighted by Gasteiger charge is 2.13. The van der Waals surface area contributed by atoms with Gasteiger partial charge in [-0.25, -0.2) is 4.79 Å². The molecule has 26 heavy (non-hydrogen) atoms. The summed E-state index contributed by atoms with van der Waals surface area (Å²) in [6.45, 7) is 7.75. The molecule has 2 aromatic rings. The summed E-state index contributed by atoms with van der Waals surface area (Å²) in [4.78, 5) is 14.9. The molecule has 0 atom stereocenters. The van der Waals surface area contributed by atoms with Crippen molar-refractivity contribution in [1.82, 2.24) is 4.90 Å². The highest BCUT2D eigenvalue weighted by Crippen LogP contribution is 2.24. The first kappa shape index (κ1) is 22.3. The molecule has 144 valence electrons. The van der Waals surface area contributed by atoms with Gasteiger partial charge in [0.2, 0.25) is 0 Å². The van der Waals surface area contributed by atoms with Crippen LogP contribution in [-0.2, 0) is 4.74 Å². The van der Waals surface area contributed by atoms with E-state index in [1.54, 1.807) is 6.07 Å². The van der Waals surface area contributed by atoms with Crippen molar-refractivity contribution in [3.8, 4) is 0 Å². The molecule has 0 saturated carbocycles. The first-order chi connectivity index (χ1) is 12.2. The number of nitrogens with two attached hydrogens (primary N) is 1. The average molecular weight is 379 g/mol. The molecule has 0 fully saturated rings. The predicted octanol–water partition coefficient (Wildman–Crippen LogP) is 4.90. The predicted molar refractivity (Wildman–Crippen MR) is 112 cm³/mol. The molecule has 0 heterocycles. The van der Waals surface area contributed by atoms with Crippen molar-refractivity contribution in [2.75, 3.05) is 32.0 Å². The molecule has 0 aliphatic heterocycles. The largest absolute Gasteiger partial charge is 0.461 e. The fourth-order valence-electron chi connectivity index (χ4n) is 2.96. The second kappa shape index (κ2) is 11.8. The molecule has 0 aromatic heterocycles. The van der Waals surface area contributed by atoms with E-state index in [-0.39, 0.29) is 18.4 Å². The summed E-state index contributed by atoms with van der Waals surface area (Å²) in [7, 11) is 0. The van der Waals surface area contributed by atoms with Gasteiger partial charge >= 0.3 is 5.97 Å². The Morgan fingerprint density at radius 1 is 0.962 bits per heavy atom. The number of carbonyl (C=O) groups is 1. The van der Waals surface area contributed by atoms with Crippen LogP contribution in [0.25, 0.3) is 10.8 Å². The monoisotopic (exact) mass is 378 g/mol. The van der Waals surface area contributed by atoms with Gasteiger partial charge in [-0.1, -0.05) is 51.0 Å². The van der Waals surface area contributed by atoms with Crippen LogP contribution < -0.4 is 5.73 Å². The van der Waals surface area contributed by atoms with E-state index in [2.05, 4.69) is 18.7 Å². The Kier molecular flexibility index (Phi) is 10.1.